The lowest BCUT2D eigenvalue weighted by molar-refractivity contribution is -0.106. The standard InChI is InChI=1S/CH3NO.Mg.H2O.2H/c2-1-3;;;;/h1H,(H2,2,3);;1H2;;. The molecule has 0 aliphatic rings. The molecule has 0 atom stereocenters. The van der Waals surface area contributed by atoms with Crippen LogP contribution in [0.1, 0.15) is 0 Å². The summed E-state index contributed by atoms with van der Waals surface area (Å²) in [5, 5.41) is 0. The highest BCUT2D eigenvalue weighted by Crippen LogP contribution is 0.798. The summed E-state index contributed by atoms with van der Waals surface area (Å²) in [7, 11) is 0. The average molecular weight is 89.4 g/mol. The number of amides is 1. The van der Waals surface area contributed by atoms with Gasteiger partial charge in [-0.2, -0.15) is 0 Å². The maximum atomic E-state index is 8.58. The fraction of sp³-hybridized carbons (Fsp3) is 0. The fourth-order valence-electron chi connectivity index (χ4n) is 0. The van der Waals surface area contributed by atoms with E-state index in [1.807, 2.05) is 0 Å². The fourth-order valence-corrected chi connectivity index (χ4v) is 0. The van der Waals surface area contributed by atoms with Crippen molar-refractivity contribution in [2.75, 3.05) is 0 Å². The molecule has 0 aromatic rings. The molecule has 0 bridgehead atoms. The van der Waals surface area contributed by atoms with Crippen LogP contribution < -0.4 is 5.73 Å². The summed E-state index contributed by atoms with van der Waals surface area (Å²) in [6.07, 6.45) is 0.250. The number of nitrogens with two attached hydrogens (primary N) is 1. The van der Waals surface area contributed by atoms with Crippen LogP contribution in [0.25, 0.3) is 0 Å². The number of hydrogen-bond acceptors (Lipinski definition) is 1. The van der Waals surface area contributed by atoms with E-state index in [9.17, 15) is 0 Å². The van der Waals surface area contributed by atoms with Gasteiger partial charge in [0.25, 0.3) is 0 Å². The molecule has 4 heteroatoms. The van der Waals surface area contributed by atoms with Crippen LogP contribution in [0, 0.1) is 0 Å². The molecule has 0 saturated carbocycles. The van der Waals surface area contributed by atoms with Crippen LogP contribution in [0.4, 0.5) is 0 Å². The van der Waals surface area contributed by atoms with E-state index in [2.05, 4.69) is 5.73 Å². The third kappa shape index (κ3) is 526. The van der Waals surface area contributed by atoms with Gasteiger partial charge in [-0.25, -0.2) is 0 Å². The van der Waals surface area contributed by atoms with E-state index in [0.29, 0.717) is 0 Å². The van der Waals surface area contributed by atoms with Gasteiger partial charge in [-0.05, 0) is 0 Å². The van der Waals surface area contributed by atoms with E-state index >= 15 is 0 Å². The Bertz CT molecular complexity index is 17.1. The molecule has 30 valence electrons. The second-order valence-corrected chi connectivity index (χ2v) is 0.136. The molecule has 0 aliphatic heterocycles. The monoisotopic (exact) mass is 89.0 g/mol. The first-order chi connectivity index (χ1) is 1.41. The van der Waals surface area contributed by atoms with Gasteiger partial charge in [-0.15, -0.1) is 0 Å². The first-order valence-electron chi connectivity index (χ1n) is 0.569. The van der Waals surface area contributed by atoms with Gasteiger partial charge < -0.3 is 11.2 Å². The molecule has 1 amide bonds. The Hall–Kier alpha value is 0.196. The highest BCUT2D eigenvalue weighted by atomic mass is 24.3. The van der Waals surface area contributed by atoms with E-state index in [1.54, 1.807) is 0 Å². The summed E-state index contributed by atoms with van der Waals surface area (Å²) in [5.41, 5.74) is 4.17. The van der Waals surface area contributed by atoms with Crippen LogP contribution in [-0.4, -0.2) is 34.9 Å². The molecule has 0 radical (unpaired) electrons. The van der Waals surface area contributed by atoms with Gasteiger partial charge in [0.2, 0.25) is 6.41 Å². The van der Waals surface area contributed by atoms with Crippen LogP contribution in [-0.2, 0) is 4.79 Å². The van der Waals surface area contributed by atoms with Crippen LogP contribution in [0.3, 0.4) is 0 Å². The third-order valence-corrected chi connectivity index (χ3v) is 0. The molecule has 0 aliphatic carbocycles. The minimum Gasteiger partial charge on any atom is -0.412 e. The minimum atomic E-state index is 0. The van der Waals surface area contributed by atoms with E-state index in [-0.39, 0.29) is 34.9 Å². The molecule has 0 unspecified atom stereocenters. The van der Waals surface area contributed by atoms with Crippen LogP contribution in [0.2, 0.25) is 0 Å². The van der Waals surface area contributed by atoms with Crippen LogP contribution in [0.15, 0.2) is 0 Å². The molecule has 0 fully saturated rings. The Morgan fingerprint density at radius 3 is 1.60 bits per heavy atom. The molecule has 0 aromatic heterocycles. The summed E-state index contributed by atoms with van der Waals surface area (Å²) in [6, 6.07) is 0. The SMILES string of the molecule is NC=O.O.[MgH2]. The van der Waals surface area contributed by atoms with Gasteiger partial charge in [0, 0.05) is 0 Å². The predicted octanol–water partition coefficient (Wildman–Crippen LogP) is -2.64. The van der Waals surface area contributed by atoms with Crippen molar-refractivity contribution in [2.45, 2.75) is 0 Å². The van der Waals surface area contributed by atoms with E-state index in [1.165, 1.54) is 0 Å². The summed E-state index contributed by atoms with van der Waals surface area (Å²) < 4.78 is 0. The smallest absolute Gasteiger partial charge is 0.316 e. The average Bonchev–Trinajstić information content (AvgIpc) is 0.918. The number of rotatable bonds is 0. The molecule has 4 N–H and O–H groups in total. The van der Waals surface area contributed by atoms with Gasteiger partial charge in [-0.3, -0.25) is 4.79 Å². The lowest BCUT2D eigenvalue weighted by Gasteiger charge is -1.32. The van der Waals surface area contributed by atoms with Crippen molar-refractivity contribution in [2.24, 2.45) is 5.73 Å². The molecule has 0 heterocycles. The summed E-state index contributed by atoms with van der Waals surface area (Å²) in [6.45, 7) is 0. The molecular weight excluding hydrogens is 82.3 g/mol. The summed E-state index contributed by atoms with van der Waals surface area (Å²) in [5.74, 6) is 0. The van der Waals surface area contributed by atoms with Crippen molar-refractivity contribution in [1.29, 1.82) is 0 Å². The van der Waals surface area contributed by atoms with Crippen LogP contribution >= 0.6 is 0 Å². The zero-order chi connectivity index (χ0) is 2.71. The normalized spacial score (nSPS) is 2.40. The van der Waals surface area contributed by atoms with E-state index < -0.39 is 0 Å². The molecule has 0 rings (SSSR count). The van der Waals surface area contributed by atoms with Gasteiger partial charge >= 0.3 is 23.1 Å². The predicted molar refractivity (Wildman–Crippen MR) is 22.4 cm³/mol. The number of carbonyl (C=O) groups excluding carboxylic acids is 1. The van der Waals surface area contributed by atoms with Crippen molar-refractivity contribution in [3.05, 3.63) is 0 Å². The Morgan fingerprint density at radius 2 is 1.60 bits per heavy atom. The second kappa shape index (κ2) is 30.0. The van der Waals surface area contributed by atoms with Crippen molar-refractivity contribution in [1.82, 2.24) is 0 Å². The minimum absolute atomic E-state index is 0. The van der Waals surface area contributed by atoms with Gasteiger partial charge in [0.05, 0.1) is 0 Å². The quantitative estimate of drug-likeness (QED) is 0.256. The number of carbonyl (C=O) groups is 1. The maximum Gasteiger partial charge on any atom is 0.316 e. The van der Waals surface area contributed by atoms with Crippen molar-refractivity contribution >= 4 is 29.5 Å². The third-order valence-electron chi connectivity index (χ3n) is 0. The first kappa shape index (κ1) is 19.0. The Balaban J connectivity index is -0.0000000200. The number of primary amides is 1. The van der Waals surface area contributed by atoms with Gasteiger partial charge in [0.15, 0.2) is 0 Å². The van der Waals surface area contributed by atoms with Gasteiger partial charge in [0.1, 0.15) is 0 Å². The Morgan fingerprint density at radius 1 is 1.60 bits per heavy atom. The molecule has 0 saturated heterocycles. The zero-order valence-electron chi connectivity index (χ0n) is 2.06. The van der Waals surface area contributed by atoms with Crippen molar-refractivity contribution in [3.63, 3.8) is 0 Å². The van der Waals surface area contributed by atoms with E-state index in [0.717, 1.165) is 0 Å². The highest BCUT2D eigenvalue weighted by molar-refractivity contribution is 5.75. The van der Waals surface area contributed by atoms with Gasteiger partial charge in [-0.1, -0.05) is 0 Å². The first-order valence-corrected chi connectivity index (χ1v) is 0.569. The van der Waals surface area contributed by atoms with Crippen molar-refractivity contribution in [3.8, 4) is 0 Å². The summed E-state index contributed by atoms with van der Waals surface area (Å²) in [4.78, 5) is 8.58. The number of hydrogen-bond donors (Lipinski definition) is 1. The van der Waals surface area contributed by atoms with Crippen LogP contribution in [0.5, 0.6) is 0 Å². The molecular formula is CH7MgNO2. The molecule has 0 spiro atoms. The van der Waals surface area contributed by atoms with Crippen molar-refractivity contribution < 1.29 is 10.3 Å². The molecule has 5 heavy (non-hydrogen) atoms. The zero-order valence-corrected chi connectivity index (χ0v) is 2.06. The topological polar surface area (TPSA) is 74.6 Å². The lowest BCUT2D eigenvalue weighted by Crippen LogP contribution is -1.82. The highest BCUT2D eigenvalue weighted by Gasteiger charge is 1.19. The summed E-state index contributed by atoms with van der Waals surface area (Å²) >= 11 is 0. The molecule has 0 aromatic carbocycles. The lowest BCUT2D eigenvalue weighted by atomic mass is 11.5. The maximum absolute atomic E-state index is 8.58. The Kier molecular flexibility index (Phi) is 114. The second-order valence-electron chi connectivity index (χ2n) is 0.136. The largest absolute Gasteiger partial charge is 0.412 e. The van der Waals surface area contributed by atoms with E-state index in [4.69, 9.17) is 4.79 Å². The Labute approximate surface area is 46.0 Å². The molecule has 3 nitrogen and oxygen atoms in total.